The Balaban J connectivity index is 1.54. The predicted molar refractivity (Wildman–Crippen MR) is 135 cm³/mol. The number of fused-ring (bicyclic) bond motifs is 1. The van der Waals surface area contributed by atoms with Gasteiger partial charge in [0.25, 0.3) is 5.56 Å². The summed E-state index contributed by atoms with van der Waals surface area (Å²) in [5, 5.41) is 14.3. The molecule has 3 aromatic rings. The second kappa shape index (κ2) is 10.4. The molecule has 0 bridgehead atoms. The van der Waals surface area contributed by atoms with Crippen molar-refractivity contribution in [2.75, 3.05) is 0 Å². The maximum Gasteiger partial charge on any atom is 0.252 e. The molecular formula is C27H38N6O. The summed E-state index contributed by atoms with van der Waals surface area (Å²) in [4.78, 5) is 18.9. The lowest BCUT2D eigenvalue weighted by Crippen LogP contribution is -2.41. The molecule has 1 aromatic carbocycles. The van der Waals surface area contributed by atoms with Gasteiger partial charge in [0.2, 0.25) is 0 Å². The van der Waals surface area contributed by atoms with E-state index in [1.807, 2.05) is 12.1 Å². The molecule has 2 saturated carbocycles. The Morgan fingerprint density at radius 1 is 1.09 bits per heavy atom. The molecule has 7 heteroatoms. The van der Waals surface area contributed by atoms with Crippen molar-refractivity contribution in [2.24, 2.45) is 0 Å². The van der Waals surface area contributed by atoms with Crippen molar-refractivity contribution >= 4 is 10.9 Å². The molecule has 0 aliphatic heterocycles. The van der Waals surface area contributed by atoms with Crippen molar-refractivity contribution in [1.82, 2.24) is 30.1 Å². The number of rotatable bonds is 8. The number of nitrogens with one attached hydrogen (secondary N) is 1. The van der Waals surface area contributed by atoms with Gasteiger partial charge in [0.15, 0.2) is 5.82 Å². The van der Waals surface area contributed by atoms with Gasteiger partial charge in [0.05, 0.1) is 12.1 Å². The van der Waals surface area contributed by atoms with Crippen LogP contribution in [-0.4, -0.2) is 36.1 Å². The normalized spacial score (nSPS) is 18.8. The molecule has 0 radical (unpaired) electrons. The summed E-state index contributed by atoms with van der Waals surface area (Å²) in [6.07, 6.45) is 13.0. The van der Waals surface area contributed by atoms with Gasteiger partial charge in [-0.05, 0) is 73.0 Å². The first-order valence-corrected chi connectivity index (χ1v) is 13.3. The van der Waals surface area contributed by atoms with E-state index in [1.54, 1.807) is 0 Å². The van der Waals surface area contributed by atoms with E-state index in [4.69, 9.17) is 0 Å². The highest BCUT2D eigenvalue weighted by atomic mass is 16.1. The topological polar surface area (TPSA) is 79.7 Å². The summed E-state index contributed by atoms with van der Waals surface area (Å²) in [5.74, 6) is 0.993. The second-order valence-electron chi connectivity index (χ2n) is 10.4. The summed E-state index contributed by atoms with van der Waals surface area (Å²) in [6.45, 7) is 4.96. The van der Waals surface area contributed by atoms with E-state index in [0.29, 0.717) is 18.6 Å². The van der Waals surface area contributed by atoms with Crippen LogP contribution in [0.2, 0.25) is 0 Å². The van der Waals surface area contributed by atoms with Crippen molar-refractivity contribution in [2.45, 2.75) is 109 Å². The van der Waals surface area contributed by atoms with Gasteiger partial charge >= 0.3 is 0 Å². The number of aryl methyl sites for hydroxylation is 1. The second-order valence-corrected chi connectivity index (χ2v) is 10.4. The average Bonchev–Trinajstić information content (AvgIpc) is 3.54. The van der Waals surface area contributed by atoms with E-state index >= 15 is 0 Å². The van der Waals surface area contributed by atoms with E-state index in [2.05, 4.69) is 56.1 Å². The Morgan fingerprint density at radius 2 is 1.85 bits per heavy atom. The Bertz CT molecular complexity index is 1160. The highest BCUT2D eigenvalue weighted by Crippen LogP contribution is 2.36. The van der Waals surface area contributed by atoms with Crippen LogP contribution in [0.3, 0.4) is 0 Å². The maximum atomic E-state index is 13.2. The number of aromatic nitrogens is 5. The van der Waals surface area contributed by atoms with Gasteiger partial charge in [-0.15, -0.1) is 5.10 Å². The van der Waals surface area contributed by atoms with Gasteiger partial charge in [-0.2, -0.15) is 0 Å². The summed E-state index contributed by atoms with van der Waals surface area (Å²) >= 11 is 0. The van der Waals surface area contributed by atoms with Gasteiger partial charge in [-0.25, -0.2) is 4.68 Å². The molecular weight excluding hydrogens is 424 g/mol. The molecule has 2 aliphatic rings. The molecule has 2 fully saturated rings. The zero-order valence-electron chi connectivity index (χ0n) is 20.7. The first-order valence-electron chi connectivity index (χ1n) is 13.3. The Morgan fingerprint density at radius 3 is 2.62 bits per heavy atom. The molecule has 1 atom stereocenters. The highest BCUT2D eigenvalue weighted by Gasteiger charge is 2.34. The van der Waals surface area contributed by atoms with Crippen LogP contribution in [-0.2, 0) is 6.54 Å². The number of benzene rings is 1. The minimum atomic E-state index is 0.0165. The number of nitrogens with zero attached hydrogens (tertiary/aromatic N) is 5. The van der Waals surface area contributed by atoms with Crippen molar-refractivity contribution in [3.05, 3.63) is 51.6 Å². The van der Waals surface area contributed by atoms with E-state index in [9.17, 15) is 4.79 Å². The fourth-order valence-corrected chi connectivity index (χ4v) is 6.14. The molecule has 0 amide bonds. The zero-order valence-corrected chi connectivity index (χ0v) is 20.7. The van der Waals surface area contributed by atoms with Gasteiger partial charge in [0, 0.05) is 23.7 Å². The summed E-state index contributed by atoms with van der Waals surface area (Å²) in [7, 11) is 0. The van der Waals surface area contributed by atoms with Gasteiger partial charge in [-0.1, -0.05) is 57.1 Å². The van der Waals surface area contributed by atoms with Crippen molar-refractivity contribution in [3.63, 3.8) is 0 Å². The number of tetrazole rings is 1. The molecule has 1 N–H and O–H groups in total. The van der Waals surface area contributed by atoms with E-state index in [1.165, 1.54) is 50.5 Å². The van der Waals surface area contributed by atoms with Crippen molar-refractivity contribution in [3.8, 4) is 0 Å². The predicted octanol–water partition coefficient (Wildman–Crippen LogP) is 5.61. The van der Waals surface area contributed by atoms with Crippen LogP contribution in [0.25, 0.3) is 10.9 Å². The minimum Gasteiger partial charge on any atom is -0.322 e. The lowest BCUT2D eigenvalue weighted by molar-refractivity contribution is 0.0798. The van der Waals surface area contributed by atoms with Crippen molar-refractivity contribution in [1.29, 1.82) is 0 Å². The molecule has 2 heterocycles. The van der Waals surface area contributed by atoms with Crippen LogP contribution in [0.15, 0.2) is 29.1 Å². The minimum absolute atomic E-state index is 0.0165. The molecule has 0 spiro atoms. The third-order valence-electron chi connectivity index (χ3n) is 7.92. The molecule has 0 saturated heterocycles. The Kier molecular flexibility index (Phi) is 7.09. The Labute approximate surface area is 201 Å². The van der Waals surface area contributed by atoms with Gasteiger partial charge < -0.3 is 4.98 Å². The third-order valence-corrected chi connectivity index (χ3v) is 7.92. The summed E-state index contributed by atoms with van der Waals surface area (Å²) in [5.41, 5.74) is 2.96. The quantitative estimate of drug-likeness (QED) is 0.470. The third kappa shape index (κ3) is 4.81. The fraction of sp³-hybridized carbons (Fsp3) is 0.630. The van der Waals surface area contributed by atoms with E-state index in [-0.39, 0.29) is 11.6 Å². The molecule has 5 rings (SSSR count). The largest absolute Gasteiger partial charge is 0.322 e. The lowest BCUT2D eigenvalue weighted by Gasteiger charge is -2.39. The van der Waals surface area contributed by atoms with Gasteiger partial charge in [0.1, 0.15) is 0 Å². The number of hydrogen-bond acceptors (Lipinski definition) is 5. The number of pyridine rings is 1. The molecule has 34 heavy (non-hydrogen) atoms. The van der Waals surface area contributed by atoms with Crippen LogP contribution >= 0.6 is 0 Å². The highest BCUT2D eigenvalue weighted by molar-refractivity contribution is 5.79. The SMILES string of the molecule is CCC[C@H](c1nnnn1C1CCCC1)N(Cc1cc2cc(C)ccc2[nH]c1=O)C1CCCCC1. The van der Waals surface area contributed by atoms with Crippen molar-refractivity contribution < 1.29 is 0 Å². The molecule has 2 aromatic heterocycles. The fourth-order valence-electron chi connectivity index (χ4n) is 6.14. The van der Waals surface area contributed by atoms with E-state index < -0.39 is 0 Å². The molecule has 7 nitrogen and oxygen atoms in total. The first-order chi connectivity index (χ1) is 16.6. The Hall–Kier alpha value is -2.54. The number of hydrogen-bond donors (Lipinski definition) is 1. The molecule has 0 unspecified atom stereocenters. The number of H-pyrrole nitrogens is 1. The summed E-state index contributed by atoms with van der Waals surface area (Å²) in [6, 6.07) is 9.29. The van der Waals surface area contributed by atoms with Crippen LogP contribution in [0.1, 0.15) is 107 Å². The smallest absolute Gasteiger partial charge is 0.252 e. The van der Waals surface area contributed by atoms with Gasteiger partial charge in [-0.3, -0.25) is 9.69 Å². The standard InChI is InChI=1S/C27H38N6O/c1-3-9-25(26-29-30-31-33(26)23-12-7-8-13-23)32(22-10-5-4-6-11-22)18-21-17-20-16-19(2)14-15-24(20)28-27(21)34/h14-17,22-23,25H,3-13,18H2,1-2H3,(H,28,34)/t25-/m1/s1. The first kappa shape index (κ1) is 23.2. The number of aromatic amines is 1. The van der Waals surface area contributed by atoms with Crippen LogP contribution in [0.5, 0.6) is 0 Å². The summed E-state index contributed by atoms with van der Waals surface area (Å²) < 4.78 is 2.12. The lowest BCUT2D eigenvalue weighted by atomic mass is 9.91. The maximum absolute atomic E-state index is 13.2. The monoisotopic (exact) mass is 462 g/mol. The van der Waals surface area contributed by atoms with Crippen LogP contribution < -0.4 is 5.56 Å². The van der Waals surface area contributed by atoms with Crippen LogP contribution in [0.4, 0.5) is 0 Å². The molecule has 2 aliphatic carbocycles. The van der Waals surface area contributed by atoms with E-state index in [0.717, 1.165) is 48.0 Å². The average molecular weight is 463 g/mol. The van der Waals surface area contributed by atoms with Crippen LogP contribution in [0, 0.1) is 6.92 Å². The zero-order chi connectivity index (χ0) is 23.5. The molecule has 182 valence electrons.